The lowest BCUT2D eigenvalue weighted by Gasteiger charge is -2.34. The molecule has 2 unspecified atom stereocenters. The number of rotatable bonds is 5. The molecule has 3 rings (SSSR count). The molecular formula is C19H24N2O4. The van der Waals surface area contributed by atoms with Crippen LogP contribution in [0.1, 0.15) is 31.7 Å². The number of carbonyl (C=O) groups excluding carboxylic acids is 3. The van der Waals surface area contributed by atoms with Gasteiger partial charge in [-0.05, 0) is 31.9 Å². The third kappa shape index (κ3) is 3.90. The summed E-state index contributed by atoms with van der Waals surface area (Å²) >= 11 is 0. The van der Waals surface area contributed by atoms with Crippen molar-refractivity contribution in [3.8, 4) is 0 Å². The summed E-state index contributed by atoms with van der Waals surface area (Å²) in [4.78, 5) is 40.4. The number of nitrogens with zero attached hydrogens (tertiary/aromatic N) is 2. The van der Waals surface area contributed by atoms with Crippen LogP contribution < -0.4 is 0 Å². The first-order valence-corrected chi connectivity index (χ1v) is 8.89. The van der Waals surface area contributed by atoms with Crippen LogP contribution in [0.2, 0.25) is 0 Å². The van der Waals surface area contributed by atoms with E-state index in [1.165, 1.54) is 4.90 Å². The minimum Gasteiger partial charge on any atom is -0.466 e. The molecule has 2 heterocycles. The van der Waals surface area contributed by atoms with Gasteiger partial charge in [-0.1, -0.05) is 30.3 Å². The number of imide groups is 1. The third-order valence-corrected chi connectivity index (χ3v) is 4.92. The molecule has 2 aliphatic heterocycles. The Hall–Kier alpha value is -2.21. The van der Waals surface area contributed by atoms with E-state index < -0.39 is 6.04 Å². The topological polar surface area (TPSA) is 66.9 Å². The SMILES string of the molecule is CCOC(=O)C1CCCN(C2CC(=O)N(Cc3ccccc3)C2=O)C1. The number of amides is 2. The summed E-state index contributed by atoms with van der Waals surface area (Å²) in [5.41, 5.74) is 0.938. The van der Waals surface area contributed by atoms with Gasteiger partial charge in [0.1, 0.15) is 0 Å². The van der Waals surface area contributed by atoms with Crippen LogP contribution in [-0.4, -0.2) is 53.3 Å². The Bertz CT molecular complexity index is 646. The van der Waals surface area contributed by atoms with E-state index in [1.54, 1.807) is 6.92 Å². The predicted octanol–water partition coefficient (Wildman–Crippen LogP) is 1.59. The van der Waals surface area contributed by atoms with Crippen molar-refractivity contribution in [2.45, 2.75) is 38.8 Å². The highest BCUT2D eigenvalue weighted by Crippen LogP contribution is 2.26. The van der Waals surface area contributed by atoms with Crippen molar-refractivity contribution in [1.29, 1.82) is 0 Å². The first-order chi connectivity index (χ1) is 12.1. The van der Waals surface area contributed by atoms with E-state index in [-0.39, 0.29) is 30.1 Å². The fourth-order valence-electron chi connectivity index (χ4n) is 3.63. The van der Waals surface area contributed by atoms with Gasteiger partial charge in [0.2, 0.25) is 11.8 Å². The number of esters is 1. The summed E-state index contributed by atoms with van der Waals surface area (Å²) in [6.07, 6.45) is 1.80. The summed E-state index contributed by atoms with van der Waals surface area (Å²) in [7, 11) is 0. The lowest BCUT2D eigenvalue weighted by atomic mass is 9.96. The zero-order valence-corrected chi connectivity index (χ0v) is 14.5. The van der Waals surface area contributed by atoms with Gasteiger partial charge in [-0.2, -0.15) is 0 Å². The summed E-state index contributed by atoms with van der Waals surface area (Å²) < 4.78 is 5.11. The molecule has 0 aromatic heterocycles. The van der Waals surface area contributed by atoms with E-state index in [4.69, 9.17) is 4.74 Å². The van der Waals surface area contributed by atoms with Crippen molar-refractivity contribution in [2.75, 3.05) is 19.7 Å². The predicted molar refractivity (Wildman–Crippen MR) is 91.3 cm³/mol. The van der Waals surface area contributed by atoms with Crippen LogP contribution in [0, 0.1) is 5.92 Å². The summed E-state index contributed by atoms with van der Waals surface area (Å²) in [5, 5.41) is 0. The number of hydrogen-bond acceptors (Lipinski definition) is 5. The van der Waals surface area contributed by atoms with Gasteiger partial charge in [-0.15, -0.1) is 0 Å². The first-order valence-electron chi connectivity index (χ1n) is 8.89. The Morgan fingerprint density at radius 3 is 2.72 bits per heavy atom. The number of likely N-dealkylation sites (tertiary alicyclic amines) is 2. The number of hydrogen-bond donors (Lipinski definition) is 0. The van der Waals surface area contributed by atoms with Crippen LogP contribution in [0.3, 0.4) is 0 Å². The largest absolute Gasteiger partial charge is 0.466 e. The Labute approximate surface area is 147 Å². The molecular weight excluding hydrogens is 320 g/mol. The van der Waals surface area contributed by atoms with Gasteiger partial charge >= 0.3 is 5.97 Å². The standard InChI is InChI=1S/C19H24N2O4/c1-2-25-19(24)15-9-6-10-20(13-15)16-11-17(22)21(18(16)23)12-14-7-4-3-5-8-14/h3-5,7-8,15-16H,2,6,9-13H2,1H3. The smallest absolute Gasteiger partial charge is 0.310 e. The molecule has 1 aromatic rings. The van der Waals surface area contributed by atoms with Crippen LogP contribution in [0.4, 0.5) is 0 Å². The second kappa shape index (κ2) is 7.78. The summed E-state index contributed by atoms with van der Waals surface area (Å²) in [5.74, 6) is -0.708. The molecule has 2 aliphatic rings. The molecule has 0 radical (unpaired) electrons. The Morgan fingerprint density at radius 2 is 2.00 bits per heavy atom. The van der Waals surface area contributed by atoms with Crippen molar-refractivity contribution in [1.82, 2.24) is 9.80 Å². The molecule has 6 heteroatoms. The van der Waals surface area contributed by atoms with Crippen molar-refractivity contribution in [2.24, 2.45) is 5.92 Å². The molecule has 0 N–H and O–H groups in total. The van der Waals surface area contributed by atoms with Crippen LogP contribution in [0.5, 0.6) is 0 Å². The fraction of sp³-hybridized carbons (Fsp3) is 0.526. The Kier molecular flexibility index (Phi) is 5.48. The molecule has 2 fully saturated rings. The van der Waals surface area contributed by atoms with Crippen molar-refractivity contribution >= 4 is 17.8 Å². The van der Waals surface area contributed by atoms with E-state index in [0.29, 0.717) is 19.7 Å². The zero-order chi connectivity index (χ0) is 17.8. The normalized spacial score (nSPS) is 24.6. The second-order valence-corrected chi connectivity index (χ2v) is 6.61. The summed E-state index contributed by atoms with van der Waals surface area (Å²) in [6.45, 7) is 3.69. The van der Waals surface area contributed by atoms with Gasteiger partial charge < -0.3 is 4.74 Å². The fourth-order valence-corrected chi connectivity index (χ4v) is 3.63. The first kappa shape index (κ1) is 17.6. The number of ether oxygens (including phenoxy) is 1. The molecule has 1 aromatic carbocycles. The molecule has 2 amide bonds. The lowest BCUT2D eigenvalue weighted by Crippen LogP contribution is -2.48. The van der Waals surface area contributed by atoms with E-state index in [0.717, 1.165) is 24.9 Å². The van der Waals surface area contributed by atoms with Gasteiger partial charge in [0.15, 0.2) is 0 Å². The molecule has 0 aliphatic carbocycles. The lowest BCUT2D eigenvalue weighted by molar-refractivity contribution is -0.151. The van der Waals surface area contributed by atoms with Crippen molar-refractivity contribution < 1.29 is 19.1 Å². The number of benzene rings is 1. The average Bonchev–Trinajstić information content (AvgIpc) is 2.91. The highest BCUT2D eigenvalue weighted by atomic mass is 16.5. The molecule has 2 atom stereocenters. The number of piperidine rings is 1. The van der Waals surface area contributed by atoms with E-state index in [9.17, 15) is 14.4 Å². The maximum absolute atomic E-state index is 12.8. The van der Waals surface area contributed by atoms with E-state index >= 15 is 0 Å². The highest BCUT2D eigenvalue weighted by molar-refractivity contribution is 6.05. The Balaban J connectivity index is 1.66. The highest BCUT2D eigenvalue weighted by Gasteiger charge is 2.43. The molecule has 0 spiro atoms. The van der Waals surface area contributed by atoms with Crippen LogP contribution in [-0.2, 0) is 25.7 Å². The molecule has 2 saturated heterocycles. The van der Waals surface area contributed by atoms with Gasteiger partial charge in [0.25, 0.3) is 0 Å². The van der Waals surface area contributed by atoms with Gasteiger partial charge in [0, 0.05) is 6.54 Å². The van der Waals surface area contributed by atoms with Gasteiger partial charge in [-0.3, -0.25) is 24.2 Å². The molecule has 0 bridgehead atoms. The van der Waals surface area contributed by atoms with Crippen molar-refractivity contribution in [3.05, 3.63) is 35.9 Å². The summed E-state index contributed by atoms with van der Waals surface area (Å²) in [6, 6.07) is 9.06. The van der Waals surface area contributed by atoms with Crippen LogP contribution in [0.15, 0.2) is 30.3 Å². The zero-order valence-electron chi connectivity index (χ0n) is 14.5. The van der Waals surface area contributed by atoms with Crippen LogP contribution in [0.25, 0.3) is 0 Å². The molecule has 134 valence electrons. The van der Waals surface area contributed by atoms with Crippen LogP contribution >= 0.6 is 0 Å². The number of carbonyl (C=O) groups is 3. The Morgan fingerprint density at radius 1 is 1.24 bits per heavy atom. The monoisotopic (exact) mass is 344 g/mol. The second-order valence-electron chi connectivity index (χ2n) is 6.61. The minimum absolute atomic E-state index is 0.142. The van der Waals surface area contributed by atoms with E-state index in [2.05, 4.69) is 0 Å². The van der Waals surface area contributed by atoms with E-state index in [1.807, 2.05) is 35.2 Å². The van der Waals surface area contributed by atoms with Gasteiger partial charge in [-0.25, -0.2) is 0 Å². The maximum Gasteiger partial charge on any atom is 0.310 e. The molecule has 6 nitrogen and oxygen atoms in total. The quantitative estimate of drug-likeness (QED) is 0.599. The third-order valence-electron chi connectivity index (χ3n) is 4.92. The van der Waals surface area contributed by atoms with Gasteiger partial charge in [0.05, 0.1) is 31.5 Å². The average molecular weight is 344 g/mol. The minimum atomic E-state index is -0.451. The molecule has 25 heavy (non-hydrogen) atoms. The maximum atomic E-state index is 12.8. The van der Waals surface area contributed by atoms with Crippen molar-refractivity contribution in [3.63, 3.8) is 0 Å². The molecule has 0 saturated carbocycles.